The minimum Gasteiger partial charge on any atom is -0.497 e. The summed E-state index contributed by atoms with van der Waals surface area (Å²) >= 11 is 0. The molecule has 0 aromatic heterocycles. The number of rotatable bonds is 5. The third-order valence-corrected chi connectivity index (χ3v) is 4.12. The van der Waals surface area contributed by atoms with E-state index in [2.05, 4.69) is 0 Å². The molecule has 0 saturated carbocycles. The van der Waals surface area contributed by atoms with Crippen molar-refractivity contribution in [1.29, 1.82) is 0 Å². The molecule has 25 heavy (non-hydrogen) atoms. The second-order valence-electron chi connectivity index (χ2n) is 5.34. The summed E-state index contributed by atoms with van der Waals surface area (Å²) in [6, 6.07) is 11.2. The summed E-state index contributed by atoms with van der Waals surface area (Å²) in [5, 5.41) is 0. The van der Waals surface area contributed by atoms with Crippen LogP contribution in [0.25, 0.3) is 0 Å². The molecule has 1 aliphatic heterocycles. The molecule has 0 saturated heterocycles. The molecule has 9 heteroatoms. The smallest absolute Gasteiger partial charge is 0.396 e. The van der Waals surface area contributed by atoms with Crippen LogP contribution in [0.2, 0.25) is 0 Å². The van der Waals surface area contributed by atoms with E-state index in [-0.39, 0.29) is 24.7 Å². The number of ether oxygens (including phenoxy) is 2. The quantitative estimate of drug-likeness (QED) is 0.821. The molecule has 0 spiro atoms. The molecule has 0 bridgehead atoms. The number of hydrogen-bond acceptors (Lipinski definition) is 5. The van der Waals surface area contributed by atoms with Crippen LogP contribution in [0.3, 0.4) is 0 Å². The van der Waals surface area contributed by atoms with Crippen molar-refractivity contribution in [1.82, 2.24) is 0 Å². The van der Waals surface area contributed by atoms with Gasteiger partial charge in [-0.25, -0.2) is 0 Å². The number of halogens is 1. The summed E-state index contributed by atoms with van der Waals surface area (Å²) < 4.78 is 46.1. The van der Waals surface area contributed by atoms with Gasteiger partial charge in [-0.05, 0) is 29.8 Å². The number of carbonyl (C=O) groups is 1. The van der Waals surface area contributed by atoms with Gasteiger partial charge in [0.1, 0.15) is 11.5 Å². The predicted molar refractivity (Wildman–Crippen MR) is 89.8 cm³/mol. The Morgan fingerprint density at radius 2 is 1.96 bits per heavy atom. The van der Waals surface area contributed by atoms with Crippen LogP contribution < -0.4 is 19.1 Å². The van der Waals surface area contributed by atoms with Gasteiger partial charge >= 0.3 is 10.4 Å². The first-order valence-electron chi connectivity index (χ1n) is 7.28. The minimum absolute atomic E-state index is 0.0834. The van der Waals surface area contributed by atoms with E-state index in [1.54, 1.807) is 47.1 Å². The highest BCUT2D eigenvalue weighted by Crippen LogP contribution is 2.36. The summed E-state index contributed by atoms with van der Waals surface area (Å²) in [6.07, 6.45) is 0. The molecular formula is C16H15FN2O5S. The van der Waals surface area contributed by atoms with Crippen molar-refractivity contribution in [3.05, 3.63) is 48.0 Å². The van der Waals surface area contributed by atoms with Crippen molar-refractivity contribution >= 4 is 27.7 Å². The van der Waals surface area contributed by atoms with Crippen LogP contribution >= 0.6 is 0 Å². The molecule has 0 radical (unpaired) electrons. The number of nitrogens with zero attached hydrogens (tertiary/aromatic N) is 1. The van der Waals surface area contributed by atoms with Crippen molar-refractivity contribution < 1.29 is 26.6 Å². The molecule has 1 heterocycles. The normalized spacial score (nSPS) is 13.8. The number of hydrogen-bond donors (Lipinski definition) is 1. The Labute approximate surface area is 144 Å². The van der Waals surface area contributed by atoms with Crippen molar-refractivity contribution in [3.8, 4) is 11.5 Å². The lowest BCUT2D eigenvalue weighted by Crippen LogP contribution is -2.38. The third kappa shape index (κ3) is 4.00. The Balaban J connectivity index is 1.82. The lowest BCUT2D eigenvalue weighted by atomic mass is 10.1. The fraction of sp³-hybridized carbons (Fsp3) is 0.188. The molecule has 0 atom stereocenters. The van der Waals surface area contributed by atoms with Gasteiger partial charge in [-0.15, -0.1) is 0 Å². The topological polar surface area (TPSA) is 84.9 Å². The number of anilines is 2. The Morgan fingerprint density at radius 1 is 1.24 bits per heavy atom. The largest absolute Gasteiger partial charge is 0.497 e. The molecular weight excluding hydrogens is 351 g/mol. The molecule has 1 amide bonds. The van der Waals surface area contributed by atoms with Gasteiger partial charge in [0.25, 0.3) is 5.91 Å². The van der Waals surface area contributed by atoms with Crippen molar-refractivity contribution in [2.75, 3.05) is 23.3 Å². The molecule has 1 aliphatic rings. The van der Waals surface area contributed by atoms with Crippen molar-refractivity contribution in [2.24, 2.45) is 0 Å². The molecule has 0 aliphatic carbocycles. The Morgan fingerprint density at radius 3 is 2.60 bits per heavy atom. The van der Waals surface area contributed by atoms with Crippen molar-refractivity contribution in [3.63, 3.8) is 0 Å². The van der Waals surface area contributed by atoms with Crippen LogP contribution in [0, 0.1) is 0 Å². The molecule has 2 aromatic carbocycles. The van der Waals surface area contributed by atoms with Gasteiger partial charge < -0.3 is 14.4 Å². The lowest BCUT2D eigenvalue weighted by molar-refractivity contribution is -0.121. The Hall–Kier alpha value is -2.81. The van der Waals surface area contributed by atoms with Crippen LogP contribution in [0.5, 0.6) is 11.5 Å². The number of amides is 1. The zero-order valence-electron chi connectivity index (χ0n) is 13.2. The number of carbonyl (C=O) groups excluding carboxylic acids is 1. The van der Waals surface area contributed by atoms with E-state index >= 15 is 0 Å². The zero-order valence-corrected chi connectivity index (χ0v) is 14.0. The van der Waals surface area contributed by atoms with Gasteiger partial charge in [0, 0.05) is 6.07 Å². The van der Waals surface area contributed by atoms with Gasteiger partial charge in [0.2, 0.25) is 0 Å². The Bertz CT molecular complexity index is 899. The molecule has 0 unspecified atom stereocenters. The standard InChI is InChI=1S/C16H15FN2O5S/c1-23-13-6-7-14-15(8-13)24-10-16(20)19(14)9-11-2-4-12(5-3-11)18-25(17,21)22/h2-8,18H,9-10H2,1H3. The maximum absolute atomic E-state index is 12.6. The van der Waals surface area contributed by atoms with E-state index in [1.165, 1.54) is 12.1 Å². The number of fused-ring (bicyclic) bond motifs is 1. The van der Waals surface area contributed by atoms with E-state index in [0.29, 0.717) is 17.2 Å². The molecule has 7 nitrogen and oxygen atoms in total. The molecule has 0 fully saturated rings. The highest BCUT2D eigenvalue weighted by atomic mass is 32.3. The fourth-order valence-electron chi connectivity index (χ4n) is 2.49. The summed E-state index contributed by atoms with van der Waals surface area (Å²) in [5.74, 6) is 0.961. The first-order valence-corrected chi connectivity index (χ1v) is 8.66. The first kappa shape index (κ1) is 17.0. The minimum atomic E-state index is -4.82. The summed E-state index contributed by atoms with van der Waals surface area (Å²) in [4.78, 5) is 13.8. The zero-order chi connectivity index (χ0) is 18.0. The lowest BCUT2D eigenvalue weighted by Gasteiger charge is -2.29. The maximum atomic E-state index is 12.6. The number of nitrogens with one attached hydrogen (secondary N) is 1. The number of methoxy groups -OCH3 is 1. The van der Waals surface area contributed by atoms with E-state index in [9.17, 15) is 17.1 Å². The van der Waals surface area contributed by atoms with Gasteiger partial charge in [0.15, 0.2) is 6.61 Å². The summed E-state index contributed by atoms with van der Waals surface area (Å²) in [7, 11) is -3.27. The van der Waals surface area contributed by atoms with E-state index < -0.39 is 10.4 Å². The maximum Gasteiger partial charge on any atom is 0.396 e. The predicted octanol–water partition coefficient (Wildman–Crippen LogP) is 2.25. The number of benzene rings is 2. The highest BCUT2D eigenvalue weighted by molar-refractivity contribution is 7.87. The monoisotopic (exact) mass is 366 g/mol. The second-order valence-corrected chi connectivity index (χ2v) is 6.42. The molecule has 2 aromatic rings. The van der Waals surface area contributed by atoms with Crippen LogP contribution in [-0.4, -0.2) is 28.0 Å². The van der Waals surface area contributed by atoms with Crippen LogP contribution in [-0.2, 0) is 21.7 Å². The average Bonchev–Trinajstić information content (AvgIpc) is 2.57. The van der Waals surface area contributed by atoms with E-state index in [1.807, 2.05) is 0 Å². The summed E-state index contributed by atoms with van der Waals surface area (Å²) in [6.45, 7) is 0.185. The highest BCUT2D eigenvalue weighted by Gasteiger charge is 2.26. The van der Waals surface area contributed by atoms with E-state index in [4.69, 9.17) is 9.47 Å². The van der Waals surface area contributed by atoms with Crippen LogP contribution in [0.4, 0.5) is 15.3 Å². The van der Waals surface area contributed by atoms with Gasteiger partial charge in [-0.2, -0.15) is 8.42 Å². The molecule has 132 valence electrons. The van der Waals surface area contributed by atoms with Gasteiger partial charge in [0.05, 0.1) is 25.0 Å². The fourth-order valence-corrected chi connectivity index (χ4v) is 2.90. The summed E-state index contributed by atoms with van der Waals surface area (Å²) in [5.41, 5.74) is 1.47. The van der Waals surface area contributed by atoms with Gasteiger partial charge in [-0.3, -0.25) is 9.52 Å². The van der Waals surface area contributed by atoms with Crippen LogP contribution in [0.1, 0.15) is 5.56 Å². The van der Waals surface area contributed by atoms with E-state index in [0.717, 1.165) is 5.56 Å². The molecule has 1 N–H and O–H groups in total. The average molecular weight is 366 g/mol. The third-order valence-electron chi connectivity index (χ3n) is 3.64. The second kappa shape index (κ2) is 6.60. The van der Waals surface area contributed by atoms with Crippen LogP contribution in [0.15, 0.2) is 42.5 Å². The van der Waals surface area contributed by atoms with Gasteiger partial charge in [-0.1, -0.05) is 16.0 Å². The molecule has 3 rings (SSSR count). The first-order chi connectivity index (χ1) is 11.9. The Kier molecular flexibility index (Phi) is 4.49. The van der Waals surface area contributed by atoms with Crippen molar-refractivity contribution in [2.45, 2.75) is 6.54 Å². The SMILES string of the molecule is COc1ccc2c(c1)OCC(=O)N2Cc1ccc(NS(=O)(=O)F)cc1.